The van der Waals surface area contributed by atoms with Gasteiger partial charge in [0, 0.05) is 28.5 Å². The third-order valence-corrected chi connectivity index (χ3v) is 4.62. The van der Waals surface area contributed by atoms with E-state index in [4.69, 9.17) is 4.74 Å². The first-order valence-corrected chi connectivity index (χ1v) is 8.30. The van der Waals surface area contributed by atoms with Crippen LogP contribution < -0.4 is 4.90 Å². The molecule has 4 aromatic rings. The Kier molecular flexibility index (Phi) is 3.03. The van der Waals surface area contributed by atoms with Crippen molar-refractivity contribution in [3.05, 3.63) is 48.5 Å². The second kappa shape index (κ2) is 5.37. The summed E-state index contributed by atoms with van der Waals surface area (Å²) < 4.78 is 5.15. The van der Waals surface area contributed by atoms with Crippen molar-refractivity contribution in [1.29, 1.82) is 0 Å². The van der Waals surface area contributed by atoms with Crippen molar-refractivity contribution in [2.24, 2.45) is 0 Å². The van der Waals surface area contributed by atoms with Crippen molar-refractivity contribution in [3.63, 3.8) is 0 Å². The highest BCUT2D eigenvalue weighted by Crippen LogP contribution is 2.31. The minimum absolute atomic E-state index is 0.291. The van der Waals surface area contributed by atoms with Gasteiger partial charge in [0.15, 0.2) is 0 Å². The summed E-state index contributed by atoms with van der Waals surface area (Å²) in [5.41, 5.74) is 4.63. The van der Waals surface area contributed by atoms with Crippen LogP contribution in [-0.2, 0) is 4.74 Å². The number of amides is 1. The zero-order chi connectivity index (χ0) is 16.8. The number of hydrogen-bond acceptors (Lipinski definition) is 3. The van der Waals surface area contributed by atoms with Crippen molar-refractivity contribution in [2.75, 3.05) is 18.1 Å². The zero-order valence-electron chi connectivity index (χ0n) is 13.5. The zero-order valence-corrected chi connectivity index (χ0v) is 13.5. The minimum Gasteiger partial charge on any atom is -0.449 e. The molecule has 2 aromatic carbocycles. The van der Waals surface area contributed by atoms with Crippen LogP contribution in [0.25, 0.3) is 33.2 Å². The number of anilines is 1. The van der Waals surface area contributed by atoms with E-state index in [9.17, 15) is 4.79 Å². The van der Waals surface area contributed by atoms with Crippen LogP contribution in [0.5, 0.6) is 0 Å². The average molecular weight is 332 g/mol. The minimum atomic E-state index is -0.291. The summed E-state index contributed by atoms with van der Waals surface area (Å²) in [6, 6.07) is 16.1. The van der Waals surface area contributed by atoms with Gasteiger partial charge in [-0.3, -0.25) is 10.00 Å². The number of ether oxygens (including phenoxy) is 1. The summed E-state index contributed by atoms with van der Waals surface area (Å²) in [6.45, 7) is 1.16. The number of nitrogens with zero attached hydrogens (tertiary/aromatic N) is 2. The molecule has 5 rings (SSSR count). The van der Waals surface area contributed by atoms with Gasteiger partial charge in [-0.2, -0.15) is 5.10 Å². The second-order valence-corrected chi connectivity index (χ2v) is 6.19. The highest BCUT2D eigenvalue weighted by molar-refractivity contribution is 5.99. The number of aromatic amines is 2. The van der Waals surface area contributed by atoms with E-state index in [0.717, 1.165) is 45.3 Å². The van der Waals surface area contributed by atoms with Gasteiger partial charge in [0.05, 0.1) is 17.8 Å². The van der Waals surface area contributed by atoms with Gasteiger partial charge in [-0.15, -0.1) is 0 Å². The second-order valence-electron chi connectivity index (χ2n) is 6.19. The first-order valence-electron chi connectivity index (χ1n) is 8.30. The number of aromatic nitrogens is 3. The van der Waals surface area contributed by atoms with Crippen molar-refractivity contribution in [3.8, 4) is 11.4 Å². The number of H-pyrrole nitrogens is 2. The molecule has 0 aliphatic carbocycles. The maximum Gasteiger partial charge on any atom is 0.414 e. The summed E-state index contributed by atoms with van der Waals surface area (Å²) in [5, 5.41) is 9.66. The molecule has 1 aliphatic rings. The van der Waals surface area contributed by atoms with Crippen LogP contribution in [0, 0.1) is 0 Å². The molecule has 0 radical (unpaired) electrons. The van der Waals surface area contributed by atoms with Crippen molar-refractivity contribution >= 4 is 33.6 Å². The van der Waals surface area contributed by atoms with Crippen molar-refractivity contribution in [1.82, 2.24) is 15.2 Å². The summed E-state index contributed by atoms with van der Waals surface area (Å²) in [5.74, 6) is 0. The summed E-state index contributed by atoms with van der Waals surface area (Å²) in [7, 11) is 0. The molecule has 0 saturated carbocycles. The lowest BCUT2D eigenvalue weighted by molar-refractivity contribution is 0.140. The topological polar surface area (TPSA) is 74.0 Å². The fraction of sp³-hybridized carbons (Fsp3) is 0.158. The lowest BCUT2D eigenvalue weighted by Crippen LogP contribution is -2.37. The Bertz CT molecular complexity index is 1060. The Balaban J connectivity index is 1.63. The Morgan fingerprint density at radius 2 is 2.00 bits per heavy atom. The van der Waals surface area contributed by atoms with Gasteiger partial charge in [0.25, 0.3) is 0 Å². The van der Waals surface area contributed by atoms with Gasteiger partial charge in [0.1, 0.15) is 5.69 Å². The van der Waals surface area contributed by atoms with Crippen LogP contribution in [-0.4, -0.2) is 34.4 Å². The lowest BCUT2D eigenvalue weighted by Gasteiger charge is -2.26. The van der Waals surface area contributed by atoms with E-state index in [1.807, 2.05) is 36.4 Å². The number of carbonyl (C=O) groups is 1. The maximum absolute atomic E-state index is 12.0. The van der Waals surface area contributed by atoms with Crippen LogP contribution in [0.2, 0.25) is 0 Å². The monoisotopic (exact) mass is 332 g/mol. The maximum atomic E-state index is 12.0. The molecule has 0 spiro atoms. The molecular formula is C19H16N4O2. The van der Waals surface area contributed by atoms with Crippen LogP contribution in [0.3, 0.4) is 0 Å². The van der Waals surface area contributed by atoms with Gasteiger partial charge in [0.2, 0.25) is 0 Å². The molecular weight excluding hydrogens is 316 g/mol. The van der Waals surface area contributed by atoms with E-state index < -0.39 is 0 Å². The van der Waals surface area contributed by atoms with Gasteiger partial charge in [-0.05, 0) is 36.8 Å². The number of para-hydroxylation sites is 1. The third-order valence-electron chi connectivity index (χ3n) is 4.62. The van der Waals surface area contributed by atoms with E-state index >= 15 is 0 Å². The van der Waals surface area contributed by atoms with E-state index in [-0.39, 0.29) is 6.09 Å². The number of carbonyl (C=O) groups excluding carboxylic acids is 1. The van der Waals surface area contributed by atoms with Gasteiger partial charge in [-0.25, -0.2) is 4.79 Å². The smallest absolute Gasteiger partial charge is 0.414 e. The quantitative estimate of drug-likeness (QED) is 0.581. The van der Waals surface area contributed by atoms with Crippen LogP contribution in [0.4, 0.5) is 10.5 Å². The van der Waals surface area contributed by atoms with Crippen molar-refractivity contribution < 1.29 is 9.53 Å². The molecule has 124 valence electrons. The average Bonchev–Trinajstić information content (AvgIpc) is 3.25. The predicted octanol–water partition coefficient (Wildman–Crippen LogP) is 4.06. The Morgan fingerprint density at radius 1 is 1.08 bits per heavy atom. The first-order chi connectivity index (χ1) is 12.3. The molecule has 6 heteroatoms. The number of cyclic esters (lactones) is 1. The number of hydrogen-bond donors (Lipinski definition) is 2. The Labute approximate surface area is 143 Å². The number of nitrogens with one attached hydrogen (secondary N) is 2. The fourth-order valence-corrected chi connectivity index (χ4v) is 3.36. The van der Waals surface area contributed by atoms with E-state index in [2.05, 4.69) is 27.3 Å². The van der Waals surface area contributed by atoms with Crippen LogP contribution >= 0.6 is 0 Å². The molecule has 6 nitrogen and oxygen atoms in total. The number of benzene rings is 2. The van der Waals surface area contributed by atoms with Crippen LogP contribution in [0.1, 0.15) is 6.42 Å². The molecule has 1 amide bonds. The fourth-order valence-electron chi connectivity index (χ4n) is 3.36. The van der Waals surface area contributed by atoms with E-state index in [1.165, 1.54) is 0 Å². The van der Waals surface area contributed by atoms with Crippen LogP contribution in [0.15, 0.2) is 48.5 Å². The highest BCUT2D eigenvalue weighted by Gasteiger charge is 2.22. The summed E-state index contributed by atoms with van der Waals surface area (Å²) >= 11 is 0. The van der Waals surface area contributed by atoms with Gasteiger partial charge < -0.3 is 9.72 Å². The molecule has 2 aromatic heterocycles. The number of fused-ring (bicyclic) bond motifs is 2. The molecule has 2 N–H and O–H groups in total. The third kappa shape index (κ3) is 2.26. The molecule has 1 fully saturated rings. The Hall–Kier alpha value is -3.28. The number of rotatable bonds is 2. The summed E-state index contributed by atoms with van der Waals surface area (Å²) in [6.07, 6.45) is 0.547. The largest absolute Gasteiger partial charge is 0.449 e. The molecule has 0 atom stereocenters. The molecule has 25 heavy (non-hydrogen) atoms. The Morgan fingerprint density at radius 3 is 2.88 bits per heavy atom. The molecule has 1 saturated heterocycles. The van der Waals surface area contributed by atoms with E-state index in [1.54, 1.807) is 4.90 Å². The molecule has 1 aliphatic heterocycles. The molecule has 3 heterocycles. The normalized spacial score (nSPS) is 15.0. The standard InChI is InChI=1S/C19H16N4O2/c24-19-23(8-3-9-25-19)13-6-7-16-14(11-13)18(22-21-16)17-10-12-4-1-2-5-15(12)20-17/h1-2,4-7,10-11,20H,3,8-9H2,(H,21,22). The predicted molar refractivity (Wildman–Crippen MR) is 96.7 cm³/mol. The van der Waals surface area contributed by atoms with Gasteiger partial charge >= 0.3 is 6.09 Å². The highest BCUT2D eigenvalue weighted by atomic mass is 16.6. The van der Waals surface area contributed by atoms with Crippen molar-refractivity contribution in [2.45, 2.75) is 6.42 Å². The SMILES string of the molecule is O=C1OCCCN1c1ccc2[nH]nc(-c3cc4ccccc4[nH]3)c2c1. The van der Waals surface area contributed by atoms with E-state index in [0.29, 0.717) is 13.2 Å². The molecule has 0 unspecified atom stereocenters. The first kappa shape index (κ1) is 14.1. The summed E-state index contributed by atoms with van der Waals surface area (Å²) in [4.78, 5) is 17.1. The molecule has 0 bridgehead atoms. The lowest BCUT2D eigenvalue weighted by atomic mass is 10.1. The van der Waals surface area contributed by atoms with Gasteiger partial charge in [-0.1, -0.05) is 18.2 Å².